The van der Waals surface area contributed by atoms with E-state index in [9.17, 15) is 9.90 Å². The lowest BCUT2D eigenvalue weighted by molar-refractivity contribution is 0.0702. The fourth-order valence-corrected chi connectivity index (χ4v) is 6.74. The normalized spacial score (nSPS) is 21.8. The highest BCUT2D eigenvalue weighted by Crippen LogP contribution is 2.43. The van der Waals surface area contributed by atoms with Crippen molar-refractivity contribution in [3.8, 4) is 10.4 Å². The first-order valence-corrected chi connectivity index (χ1v) is 14.6. The van der Waals surface area contributed by atoms with E-state index in [-0.39, 0.29) is 0 Å². The quantitative estimate of drug-likeness (QED) is 0.354. The zero-order valence-electron chi connectivity index (χ0n) is 21.6. The van der Waals surface area contributed by atoms with E-state index in [1.807, 2.05) is 5.41 Å². The molecular formula is C31H37NO2S2. The maximum atomic E-state index is 12.3. The van der Waals surface area contributed by atoms with Gasteiger partial charge in [-0.25, -0.2) is 4.79 Å². The van der Waals surface area contributed by atoms with Crippen LogP contribution >= 0.6 is 23.1 Å². The van der Waals surface area contributed by atoms with Crippen molar-refractivity contribution < 1.29 is 9.90 Å². The predicted molar refractivity (Wildman–Crippen MR) is 157 cm³/mol. The van der Waals surface area contributed by atoms with Crippen molar-refractivity contribution in [1.29, 1.82) is 0 Å². The Bertz CT molecular complexity index is 1180. The molecule has 190 valence electrons. The van der Waals surface area contributed by atoms with Crippen molar-refractivity contribution in [2.45, 2.75) is 46.0 Å². The molecule has 0 bridgehead atoms. The number of aromatic carboxylic acids is 1. The number of hydrogen-bond acceptors (Lipinski definition) is 4. The first kappa shape index (κ1) is 26.7. The maximum absolute atomic E-state index is 12.3. The average molecular weight is 520 g/mol. The summed E-state index contributed by atoms with van der Waals surface area (Å²) < 4.78 is 0. The molecule has 1 aromatic heterocycles. The van der Waals surface area contributed by atoms with Gasteiger partial charge in [0.1, 0.15) is 4.88 Å². The van der Waals surface area contributed by atoms with Crippen LogP contribution in [0.4, 0.5) is 0 Å². The first-order chi connectivity index (χ1) is 17.4. The van der Waals surface area contributed by atoms with Gasteiger partial charge in [0.15, 0.2) is 0 Å². The average Bonchev–Trinajstić information content (AvgIpc) is 3.32. The topological polar surface area (TPSA) is 40.5 Å². The van der Waals surface area contributed by atoms with Crippen LogP contribution in [0, 0.1) is 11.8 Å². The van der Waals surface area contributed by atoms with Crippen molar-refractivity contribution in [1.82, 2.24) is 4.90 Å². The minimum Gasteiger partial charge on any atom is -0.477 e. The summed E-state index contributed by atoms with van der Waals surface area (Å²) in [6.45, 7) is 10.1. The van der Waals surface area contributed by atoms with Gasteiger partial charge in [0.2, 0.25) is 0 Å². The standard InChI is InChI=1S/C31H37NO2S2/c1-5-35-20-22(3)6-9-23-10-14-25(15-11-23)29-18-27(30(36-29)31(33)34)26-16-17-32(4)19-28(26)24-12-7-21(2)8-13-24/h5-6,9-11,14-15,18,20-21,24H,1,7-8,12-13,16-17,19H2,2-4H3,(H,33,34)/b9-6+,22-20+. The molecule has 0 radical (unpaired) electrons. The van der Waals surface area contributed by atoms with Gasteiger partial charge in [-0.05, 0) is 89.8 Å². The van der Waals surface area contributed by atoms with E-state index in [2.05, 4.69) is 80.3 Å². The van der Waals surface area contributed by atoms with Crippen LogP contribution in [0.3, 0.4) is 0 Å². The summed E-state index contributed by atoms with van der Waals surface area (Å²) in [7, 11) is 2.19. The van der Waals surface area contributed by atoms with Gasteiger partial charge in [0, 0.05) is 23.5 Å². The zero-order chi connectivity index (χ0) is 25.7. The predicted octanol–water partition coefficient (Wildman–Crippen LogP) is 8.82. The number of carboxylic acids is 1. The van der Waals surface area contributed by atoms with Crippen LogP contribution in [0.1, 0.15) is 66.8 Å². The van der Waals surface area contributed by atoms with Crippen molar-refractivity contribution in [3.63, 3.8) is 0 Å². The number of thiophene rings is 1. The molecule has 2 heterocycles. The molecule has 5 heteroatoms. The lowest BCUT2D eigenvalue weighted by Gasteiger charge is -2.35. The van der Waals surface area contributed by atoms with Gasteiger partial charge in [-0.15, -0.1) is 23.1 Å². The molecule has 1 saturated carbocycles. The van der Waals surface area contributed by atoms with Gasteiger partial charge >= 0.3 is 5.97 Å². The molecule has 1 aliphatic carbocycles. The molecule has 36 heavy (non-hydrogen) atoms. The Morgan fingerprint density at radius 2 is 1.92 bits per heavy atom. The number of nitrogens with zero attached hydrogens (tertiary/aromatic N) is 1. The van der Waals surface area contributed by atoms with Gasteiger partial charge in [0.05, 0.1) is 0 Å². The monoisotopic (exact) mass is 519 g/mol. The van der Waals surface area contributed by atoms with Gasteiger partial charge in [-0.1, -0.05) is 62.8 Å². The summed E-state index contributed by atoms with van der Waals surface area (Å²) in [6.07, 6.45) is 10.1. The lowest BCUT2D eigenvalue weighted by atomic mass is 9.75. The smallest absolute Gasteiger partial charge is 0.346 e. The van der Waals surface area contributed by atoms with E-state index in [0.29, 0.717) is 10.8 Å². The second-order valence-electron chi connectivity index (χ2n) is 10.2. The Morgan fingerprint density at radius 3 is 2.58 bits per heavy atom. The van der Waals surface area contributed by atoms with E-state index in [0.717, 1.165) is 47.0 Å². The van der Waals surface area contributed by atoms with Crippen LogP contribution in [-0.4, -0.2) is 36.1 Å². The number of rotatable bonds is 8. The number of carbonyl (C=O) groups is 1. The van der Waals surface area contributed by atoms with E-state index in [1.165, 1.54) is 53.7 Å². The molecule has 0 amide bonds. The molecule has 2 aromatic rings. The fourth-order valence-electron chi connectivity index (χ4n) is 5.32. The molecule has 0 unspecified atom stereocenters. The van der Waals surface area contributed by atoms with Crippen molar-refractivity contribution in [2.75, 3.05) is 20.1 Å². The highest BCUT2D eigenvalue weighted by atomic mass is 32.2. The van der Waals surface area contributed by atoms with Crippen LogP contribution in [0.5, 0.6) is 0 Å². The molecule has 2 aliphatic rings. The molecule has 0 atom stereocenters. The third kappa shape index (κ3) is 6.50. The minimum atomic E-state index is -0.816. The lowest BCUT2D eigenvalue weighted by Crippen LogP contribution is -2.31. The summed E-state index contributed by atoms with van der Waals surface area (Å²) in [5, 5.41) is 14.0. The van der Waals surface area contributed by atoms with E-state index in [1.54, 1.807) is 11.8 Å². The SMILES string of the molecule is C=CS/C=C(C)/C=C/c1ccc(-c2cc(C3=C(C4CCC(C)CC4)CN(C)CC3)c(C(=O)O)s2)cc1. The second kappa shape index (κ2) is 12.3. The largest absolute Gasteiger partial charge is 0.477 e. The van der Waals surface area contributed by atoms with E-state index in [4.69, 9.17) is 0 Å². The Morgan fingerprint density at radius 1 is 1.19 bits per heavy atom. The van der Waals surface area contributed by atoms with Gasteiger partial charge in [-0.2, -0.15) is 0 Å². The molecular weight excluding hydrogens is 482 g/mol. The van der Waals surface area contributed by atoms with Crippen LogP contribution in [0.25, 0.3) is 22.1 Å². The molecule has 1 aliphatic heterocycles. The highest BCUT2D eigenvalue weighted by Gasteiger charge is 2.30. The van der Waals surface area contributed by atoms with Crippen LogP contribution in [0.2, 0.25) is 0 Å². The van der Waals surface area contributed by atoms with Gasteiger partial charge < -0.3 is 10.0 Å². The second-order valence-corrected chi connectivity index (χ2v) is 12.1. The molecule has 0 spiro atoms. The summed E-state index contributed by atoms with van der Waals surface area (Å²) in [4.78, 5) is 16.2. The molecule has 1 N–H and O–H groups in total. The first-order valence-electron chi connectivity index (χ1n) is 12.8. The molecule has 1 aromatic carbocycles. The van der Waals surface area contributed by atoms with Gasteiger partial charge in [-0.3, -0.25) is 0 Å². The van der Waals surface area contributed by atoms with Crippen molar-refractivity contribution in [3.05, 3.63) is 81.0 Å². The van der Waals surface area contributed by atoms with Crippen molar-refractivity contribution >= 4 is 40.7 Å². The molecule has 3 nitrogen and oxygen atoms in total. The number of allylic oxidation sites excluding steroid dienone is 2. The van der Waals surface area contributed by atoms with E-state index < -0.39 is 5.97 Å². The Balaban J connectivity index is 1.65. The molecule has 1 fully saturated rings. The fraction of sp³-hybridized carbons (Fsp3) is 0.387. The van der Waals surface area contributed by atoms with Gasteiger partial charge in [0.25, 0.3) is 0 Å². The summed E-state index contributed by atoms with van der Waals surface area (Å²) >= 11 is 2.99. The van der Waals surface area contributed by atoms with Crippen LogP contribution in [-0.2, 0) is 0 Å². The Labute approximate surface area is 224 Å². The van der Waals surface area contributed by atoms with Crippen LogP contribution in [0.15, 0.2) is 64.9 Å². The maximum Gasteiger partial charge on any atom is 0.346 e. The van der Waals surface area contributed by atoms with Crippen LogP contribution < -0.4 is 0 Å². The summed E-state index contributed by atoms with van der Waals surface area (Å²) in [5.74, 6) is 0.568. The number of benzene rings is 1. The number of carboxylic acid groups (broad SMARTS) is 1. The molecule has 4 rings (SSSR count). The van der Waals surface area contributed by atoms with E-state index >= 15 is 0 Å². The number of hydrogen-bond donors (Lipinski definition) is 1. The molecule has 0 saturated heterocycles. The third-order valence-electron chi connectivity index (χ3n) is 7.42. The third-order valence-corrected chi connectivity index (χ3v) is 9.29. The number of thioether (sulfide) groups is 1. The number of likely N-dealkylation sites (N-methyl/N-ethyl adjacent to an activating group) is 1. The zero-order valence-corrected chi connectivity index (χ0v) is 23.3. The minimum absolute atomic E-state index is 0.482. The summed E-state index contributed by atoms with van der Waals surface area (Å²) in [5.41, 5.74) is 7.10. The summed E-state index contributed by atoms with van der Waals surface area (Å²) in [6, 6.07) is 10.5. The van der Waals surface area contributed by atoms with Crippen molar-refractivity contribution in [2.24, 2.45) is 11.8 Å². The Hall–Kier alpha value is -2.34. The Kier molecular flexibility index (Phi) is 9.10. The highest BCUT2D eigenvalue weighted by molar-refractivity contribution is 8.04.